The molecule has 0 unspecified atom stereocenters. The van der Waals surface area contributed by atoms with E-state index in [1.807, 2.05) is 12.1 Å². The quantitative estimate of drug-likeness (QED) is 0.577. The summed E-state index contributed by atoms with van der Waals surface area (Å²) < 4.78 is 7.79. The summed E-state index contributed by atoms with van der Waals surface area (Å²) >= 11 is 1.64. The van der Waals surface area contributed by atoms with Gasteiger partial charge in [-0.15, -0.1) is 10.2 Å². The van der Waals surface area contributed by atoms with Crippen LogP contribution in [0.5, 0.6) is 0 Å². The first-order chi connectivity index (χ1) is 12.8. The lowest BCUT2D eigenvalue weighted by Crippen LogP contribution is -2.01. The van der Waals surface area contributed by atoms with E-state index in [1.165, 1.54) is 37.1 Å². The van der Waals surface area contributed by atoms with E-state index in [4.69, 9.17) is 4.52 Å². The van der Waals surface area contributed by atoms with Crippen LogP contribution in [0.3, 0.4) is 0 Å². The average molecular weight is 367 g/mol. The standard InChI is InChI=1S/C19H21N5OS/c1-2-12-3-5-13(6-4-12)17-20-16(25-23-17)11-26-19-22-21-18(14-7-8-14)24(19)15-9-10-15/h3-6,14-15H,2,7-11H2,1H3. The molecule has 26 heavy (non-hydrogen) atoms. The first-order valence-electron chi connectivity index (χ1n) is 9.31. The van der Waals surface area contributed by atoms with Gasteiger partial charge < -0.3 is 9.09 Å². The van der Waals surface area contributed by atoms with Crippen molar-refractivity contribution in [1.82, 2.24) is 24.9 Å². The maximum Gasteiger partial charge on any atom is 0.237 e. The van der Waals surface area contributed by atoms with Crippen LogP contribution in [0.2, 0.25) is 0 Å². The lowest BCUT2D eigenvalue weighted by molar-refractivity contribution is 0.391. The van der Waals surface area contributed by atoms with Crippen molar-refractivity contribution < 1.29 is 4.52 Å². The van der Waals surface area contributed by atoms with Crippen LogP contribution in [0.4, 0.5) is 0 Å². The van der Waals surface area contributed by atoms with E-state index < -0.39 is 0 Å². The topological polar surface area (TPSA) is 69.6 Å². The Labute approximate surface area is 156 Å². The summed E-state index contributed by atoms with van der Waals surface area (Å²) in [5.41, 5.74) is 2.29. The summed E-state index contributed by atoms with van der Waals surface area (Å²) in [6, 6.07) is 8.91. The molecule has 3 aromatic rings. The molecule has 0 bridgehead atoms. The molecule has 2 fully saturated rings. The third kappa shape index (κ3) is 3.16. The molecule has 5 rings (SSSR count). The fourth-order valence-corrected chi connectivity index (χ4v) is 3.98. The van der Waals surface area contributed by atoms with Crippen molar-refractivity contribution in [3.63, 3.8) is 0 Å². The highest BCUT2D eigenvalue weighted by Crippen LogP contribution is 2.46. The molecule has 0 N–H and O–H groups in total. The molecule has 0 amide bonds. The Hall–Kier alpha value is -2.15. The van der Waals surface area contributed by atoms with E-state index >= 15 is 0 Å². The fourth-order valence-electron chi connectivity index (χ4n) is 3.13. The largest absolute Gasteiger partial charge is 0.338 e. The number of rotatable bonds is 7. The molecule has 2 aliphatic rings. The zero-order valence-electron chi connectivity index (χ0n) is 14.8. The minimum atomic E-state index is 0.596. The molecule has 2 saturated carbocycles. The first kappa shape index (κ1) is 16.1. The number of hydrogen-bond acceptors (Lipinski definition) is 6. The van der Waals surface area contributed by atoms with E-state index in [9.17, 15) is 0 Å². The Balaban J connectivity index is 1.30. The summed E-state index contributed by atoms with van der Waals surface area (Å²) in [5.74, 6) is 3.69. The maximum atomic E-state index is 5.44. The number of thioether (sulfide) groups is 1. The highest BCUT2D eigenvalue weighted by atomic mass is 32.2. The van der Waals surface area contributed by atoms with Crippen molar-refractivity contribution in [2.75, 3.05) is 0 Å². The number of aryl methyl sites for hydroxylation is 1. The highest BCUT2D eigenvalue weighted by Gasteiger charge is 2.36. The molecule has 0 radical (unpaired) electrons. The summed E-state index contributed by atoms with van der Waals surface area (Å²) in [6.45, 7) is 2.15. The average Bonchev–Trinajstić information content (AvgIpc) is 3.61. The van der Waals surface area contributed by atoms with Crippen molar-refractivity contribution in [2.45, 2.75) is 61.9 Å². The Morgan fingerprint density at radius 3 is 2.62 bits per heavy atom. The van der Waals surface area contributed by atoms with E-state index in [0.717, 1.165) is 17.1 Å². The molecule has 2 aromatic heterocycles. The van der Waals surface area contributed by atoms with Crippen LogP contribution in [0, 0.1) is 0 Å². The van der Waals surface area contributed by atoms with E-state index in [0.29, 0.717) is 29.4 Å². The van der Waals surface area contributed by atoms with Gasteiger partial charge in [-0.2, -0.15) is 4.98 Å². The molecule has 7 heteroatoms. The predicted octanol–water partition coefficient (Wildman–Crippen LogP) is 4.40. The van der Waals surface area contributed by atoms with Gasteiger partial charge in [-0.3, -0.25) is 0 Å². The molecule has 0 saturated heterocycles. The van der Waals surface area contributed by atoms with Crippen LogP contribution >= 0.6 is 11.8 Å². The van der Waals surface area contributed by atoms with Crippen LogP contribution < -0.4 is 0 Å². The predicted molar refractivity (Wildman–Crippen MR) is 98.9 cm³/mol. The zero-order chi connectivity index (χ0) is 17.5. The molecular weight excluding hydrogens is 346 g/mol. The molecule has 0 aliphatic heterocycles. The Bertz CT molecular complexity index is 908. The molecular formula is C19H21N5OS. The molecule has 1 aromatic carbocycles. The molecule has 2 aliphatic carbocycles. The van der Waals surface area contributed by atoms with Gasteiger partial charge in [0.2, 0.25) is 11.7 Å². The van der Waals surface area contributed by atoms with Crippen molar-refractivity contribution >= 4 is 11.8 Å². The Kier molecular flexibility index (Phi) is 4.04. The number of nitrogens with zero attached hydrogens (tertiary/aromatic N) is 5. The SMILES string of the molecule is CCc1ccc(-c2noc(CSc3nnc(C4CC4)n3C3CC3)n2)cc1. The van der Waals surface area contributed by atoms with Gasteiger partial charge in [-0.05, 0) is 37.7 Å². The molecule has 6 nitrogen and oxygen atoms in total. The first-order valence-corrected chi connectivity index (χ1v) is 10.3. The number of aromatic nitrogens is 5. The van der Waals surface area contributed by atoms with Crippen LogP contribution in [0.15, 0.2) is 33.9 Å². The van der Waals surface area contributed by atoms with Crippen molar-refractivity contribution in [3.05, 3.63) is 41.5 Å². The molecule has 2 heterocycles. The van der Waals surface area contributed by atoms with E-state index in [1.54, 1.807) is 11.8 Å². The second kappa shape index (κ2) is 6.54. The lowest BCUT2D eigenvalue weighted by atomic mass is 10.1. The van der Waals surface area contributed by atoms with Gasteiger partial charge in [0.15, 0.2) is 5.16 Å². The van der Waals surface area contributed by atoms with Crippen molar-refractivity contribution in [2.24, 2.45) is 0 Å². The monoisotopic (exact) mass is 367 g/mol. The maximum absolute atomic E-state index is 5.44. The minimum absolute atomic E-state index is 0.596. The second-order valence-electron chi connectivity index (χ2n) is 7.07. The van der Waals surface area contributed by atoms with Gasteiger partial charge in [-0.1, -0.05) is 48.1 Å². The highest BCUT2D eigenvalue weighted by molar-refractivity contribution is 7.98. The Morgan fingerprint density at radius 1 is 1.12 bits per heavy atom. The molecule has 0 atom stereocenters. The van der Waals surface area contributed by atoms with Gasteiger partial charge in [0.25, 0.3) is 0 Å². The van der Waals surface area contributed by atoms with Gasteiger partial charge in [0, 0.05) is 17.5 Å². The van der Waals surface area contributed by atoms with Crippen LogP contribution in [0.25, 0.3) is 11.4 Å². The normalized spacial score (nSPS) is 17.0. The van der Waals surface area contributed by atoms with Crippen molar-refractivity contribution in [3.8, 4) is 11.4 Å². The second-order valence-corrected chi connectivity index (χ2v) is 8.01. The summed E-state index contributed by atoms with van der Waals surface area (Å²) in [4.78, 5) is 4.54. The van der Waals surface area contributed by atoms with Gasteiger partial charge >= 0.3 is 0 Å². The summed E-state index contributed by atoms with van der Waals surface area (Å²) in [5, 5.41) is 14.0. The van der Waals surface area contributed by atoms with E-state index in [-0.39, 0.29) is 0 Å². The third-order valence-electron chi connectivity index (χ3n) is 4.96. The smallest absolute Gasteiger partial charge is 0.237 e. The fraction of sp³-hybridized carbons (Fsp3) is 0.474. The van der Waals surface area contributed by atoms with Crippen LogP contribution in [-0.4, -0.2) is 24.9 Å². The van der Waals surface area contributed by atoms with Gasteiger partial charge in [-0.25, -0.2) is 0 Å². The van der Waals surface area contributed by atoms with Crippen molar-refractivity contribution in [1.29, 1.82) is 0 Å². The van der Waals surface area contributed by atoms with Gasteiger partial charge in [0.1, 0.15) is 5.82 Å². The minimum Gasteiger partial charge on any atom is -0.338 e. The number of hydrogen-bond donors (Lipinski definition) is 0. The summed E-state index contributed by atoms with van der Waals surface area (Å²) in [7, 11) is 0. The number of benzene rings is 1. The van der Waals surface area contributed by atoms with Crippen LogP contribution in [0.1, 0.15) is 61.8 Å². The lowest BCUT2D eigenvalue weighted by Gasteiger charge is -2.06. The zero-order valence-corrected chi connectivity index (χ0v) is 15.6. The van der Waals surface area contributed by atoms with Crippen LogP contribution in [-0.2, 0) is 12.2 Å². The van der Waals surface area contributed by atoms with Gasteiger partial charge in [0.05, 0.1) is 5.75 Å². The Morgan fingerprint density at radius 2 is 1.92 bits per heavy atom. The third-order valence-corrected chi connectivity index (χ3v) is 5.89. The van der Waals surface area contributed by atoms with E-state index in [2.05, 4.69) is 44.0 Å². The summed E-state index contributed by atoms with van der Waals surface area (Å²) in [6.07, 6.45) is 6.01. The molecule has 0 spiro atoms. The molecule has 134 valence electrons.